The second kappa shape index (κ2) is 12.7. The Hall–Kier alpha value is -7.62. The summed E-state index contributed by atoms with van der Waals surface area (Å²) in [5.41, 5.74) is 19.6. The summed E-state index contributed by atoms with van der Waals surface area (Å²) in [4.78, 5) is 0. The van der Waals surface area contributed by atoms with Crippen LogP contribution >= 0.6 is 0 Å². The molecule has 0 amide bonds. The van der Waals surface area contributed by atoms with Crippen molar-refractivity contribution in [2.45, 2.75) is 5.41 Å². The van der Waals surface area contributed by atoms with Crippen LogP contribution in [0.5, 0.6) is 0 Å². The molecule has 0 aliphatic carbocycles. The molecule has 9 aromatic carbocycles. The minimum Gasteiger partial charge on any atom is -0.310 e. The molecule has 0 saturated carbocycles. The van der Waals surface area contributed by atoms with E-state index in [1.54, 1.807) is 0 Å². The summed E-state index contributed by atoms with van der Waals surface area (Å²) in [5.74, 6) is 0. The Kier molecular flexibility index (Phi) is 7.06. The number of rotatable bonds is 5. The molecule has 0 fully saturated rings. The summed E-state index contributed by atoms with van der Waals surface area (Å²) in [6.45, 7) is 0.000496. The fraction of sp³-hybridized carbons (Fsp3) is 0.0175. The lowest BCUT2D eigenvalue weighted by molar-refractivity contribution is 0.751. The van der Waals surface area contributed by atoms with Gasteiger partial charge in [-0.3, -0.25) is 0 Å². The summed E-state index contributed by atoms with van der Waals surface area (Å²) in [5, 5.41) is 3.84. The van der Waals surface area contributed by atoms with Crippen LogP contribution in [-0.4, -0.2) is 15.8 Å². The zero-order valence-corrected chi connectivity index (χ0v) is 32.8. The summed E-state index contributed by atoms with van der Waals surface area (Å²) < 4.78 is 5.09. The Morgan fingerprint density at radius 3 is 1.67 bits per heavy atom. The zero-order chi connectivity index (χ0) is 39.4. The van der Waals surface area contributed by atoms with E-state index in [1.165, 1.54) is 99.4 Å². The molecule has 0 unspecified atom stereocenters. The lowest BCUT2D eigenvalue weighted by Crippen LogP contribution is -2.64. The van der Waals surface area contributed by atoms with Gasteiger partial charge in [-0.2, -0.15) is 0 Å². The molecule has 4 heterocycles. The largest absolute Gasteiger partial charge is 0.310 e. The van der Waals surface area contributed by atoms with Crippen LogP contribution in [0.25, 0.3) is 66.5 Å². The number of fused-ring (bicyclic) bond motifs is 8. The van der Waals surface area contributed by atoms with Gasteiger partial charge in [0.05, 0.1) is 22.1 Å². The molecular formula is C57H37BN2. The molecule has 13 rings (SSSR count). The van der Waals surface area contributed by atoms with Crippen LogP contribution in [0, 0.1) is 0 Å². The zero-order valence-electron chi connectivity index (χ0n) is 32.8. The molecule has 2 aliphatic rings. The number of hydrogen-bond acceptors (Lipinski definition) is 0. The van der Waals surface area contributed by atoms with Crippen molar-refractivity contribution in [1.82, 2.24) is 9.13 Å². The van der Waals surface area contributed by atoms with Crippen molar-refractivity contribution in [3.63, 3.8) is 0 Å². The van der Waals surface area contributed by atoms with Gasteiger partial charge in [0.15, 0.2) is 0 Å². The van der Waals surface area contributed by atoms with E-state index >= 15 is 0 Å². The molecule has 11 aromatic rings. The van der Waals surface area contributed by atoms with Crippen LogP contribution in [0.15, 0.2) is 224 Å². The highest BCUT2D eigenvalue weighted by Gasteiger charge is 2.51. The Morgan fingerprint density at radius 1 is 0.383 bits per heavy atom. The maximum absolute atomic E-state index is 2.60. The number of nitrogens with zero attached hydrogens (tertiary/aromatic N) is 2. The molecule has 0 saturated heterocycles. The number of para-hydroxylation sites is 3. The second-order valence-corrected chi connectivity index (χ2v) is 16.3. The lowest BCUT2D eigenvalue weighted by Gasteiger charge is -2.46. The van der Waals surface area contributed by atoms with Crippen molar-refractivity contribution in [2.24, 2.45) is 0 Å². The fourth-order valence-electron chi connectivity index (χ4n) is 11.2. The number of benzene rings is 9. The molecule has 0 radical (unpaired) electrons. The number of aromatic nitrogens is 2. The first-order chi connectivity index (χ1) is 29.8. The SMILES string of the molecule is c1ccc(-c2c(-c3ccccc3)n(-c3ccccc3)c3cc4c(cc23)B2c3c(cccc3C4(c3ccccc3)c3ccccc3)-n3c4ccccc4c4cccc2c43)cc1. The summed E-state index contributed by atoms with van der Waals surface area (Å²) in [6.07, 6.45) is 0. The second-order valence-electron chi connectivity index (χ2n) is 16.3. The van der Waals surface area contributed by atoms with E-state index in [-0.39, 0.29) is 6.71 Å². The third-order valence-corrected chi connectivity index (χ3v) is 13.4. The topological polar surface area (TPSA) is 9.86 Å². The smallest absolute Gasteiger partial charge is 0.247 e. The molecule has 60 heavy (non-hydrogen) atoms. The van der Waals surface area contributed by atoms with E-state index < -0.39 is 5.41 Å². The van der Waals surface area contributed by atoms with Crippen molar-refractivity contribution in [3.8, 4) is 33.8 Å². The molecule has 0 bridgehead atoms. The van der Waals surface area contributed by atoms with E-state index in [4.69, 9.17) is 0 Å². The maximum atomic E-state index is 2.60. The van der Waals surface area contributed by atoms with Crippen molar-refractivity contribution in [1.29, 1.82) is 0 Å². The van der Waals surface area contributed by atoms with Crippen LogP contribution in [0.4, 0.5) is 0 Å². The Morgan fingerprint density at radius 2 is 0.967 bits per heavy atom. The first-order valence-electron chi connectivity index (χ1n) is 21.0. The van der Waals surface area contributed by atoms with Crippen molar-refractivity contribution in [3.05, 3.63) is 247 Å². The van der Waals surface area contributed by atoms with Gasteiger partial charge in [-0.15, -0.1) is 0 Å². The summed E-state index contributed by atoms with van der Waals surface area (Å²) >= 11 is 0. The van der Waals surface area contributed by atoms with Gasteiger partial charge in [0.25, 0.3) is 0 Å². The van der Waals surface area contributed by atoms with Crippen molar-refractivity contribution < 1.29 is 0 Å². The lowest BCUT2D eigenvalue weighted by atomic mass is 9.29. The predicted octanol–water partition coefficient (Wildman–Crippen LogP) is 11.6. The van der Waals surface area contributed by atoms with Gasteiger partial charge in [-0.1, -0.05) is 200 Å². The molecule has 3 heteroatoms. The van der Waals surface area contributed by atoms with Gasteiger partial charge in [0.2, 0.25) is 6.71 Å². The van der Waals surface area contributed by atoms with Gasteiger partial charge in [-0.25, -0.2) is 0 Å². The highest BCUT2D eigenvalue weighted by Crippen LogP contribution is 2.51. The van der Waals surface area contributed by atoms with Crippen LogP contribution in [0.3, 0.4) is 0 Å². The van der Waals surface area contributed by atoms with Gasteiger partial charge in [0, 0.05) is 38.6 Å². The quantitative estimate of drug-likeness (QED) is 0.155. The summed E-state index contributed by atoms with van der Waals surface area (Å²) in [7, 11) is 0. The predicted molar refractivity (Wildman–Crippen MR) is 251 cm³/mol. The molecular weight excluding hydrogens is 723 g/mol. The molecule has 278 valence electrons. The average Bonchev–Trinajstić information content (AvgIpc) is 3.85. The Balaban J connectivity index is 1.28. The first-order valence-corrected chi connectivity index (χ1v) is 21.0. The maximum Gasteiger partial charge on any atom is 0.247 e. The molecule has 0 spiro atoms. The highest BCUT2D eigenvalue weighted by molar-refractivity contribution is 6.99. The van der Waals surface area contributed by atoms with Crippen molar-refractivity contribution in [2.75, 3.05) is 0 Å². The van der Waals surface area contributed by atoms with E-state index in [2.05, 4.69) is 234 Å². The molecule has 0 atom stereocenters. The highest BCUT2D eigenvalue weighted by atomic mass is 15.0. The van der Waals surface area contributed by atoms with E-state index in [0.29, 0.717) is 0 Å². The Bertz CT molecular complexity index is 3420. The van der Waals surface area contributed by atoms with Gasteiger partial charge in [-0.05, 0) is 74.6 Å². The van der Waals surface area contributed by atoms with Crippen LogP contribution < -0.4 is 16.4 Å². The number of hydrogen-bond donors (Lipinski definition) is 0. The van der Waals surface area contributed by atoms with Crippen LogP contribution in [0.1, 0.15) is 22.3 Å². The third kappa shape index (κ3) is 4.39. The minimum atomic E-state index is -0.631. The van der Waals surface area contributed by atoms with E-state index in [1.807, 2.05) is 0 Å². The molecule has 2 aromatic heterocycles. The molecule has 0 N–H and O–H groups in total. The van der Waals surface area contributed by atoms with Gasteiger partial charge < -0.3 is 9.13 Å². The summed E-state index contributed by atoms with van der Waals surface area (Å²) in [6, 6.07) is 83.7. The van der Waals surface area contributed by atoms with Crippen LogP contribution in [-0.2, 0) is 5.41 Å². The third-order valence-electron chi connectivity index (χ3n) is 13.4. The van der Waals surface area contributed by atoms with Gasteiger partial charge in [0.1, 0.15) is 0 Å². The fourth-order valence-corrected chi connectivity index (χ4v) is 11.2. The average molecular weight is 761 g/mol. The first kappa shape index (κ1) is 33.4. The normalized spacial score (nSPS) is 13.4. The standard InChI is InChI=1S/C57H37BN2/c1-6-20-38(21-7-1)53-45-36-49-47(37-52(45)59(42-28-14-5-15-29-42)55(53)39-22-8-2-9-23-39)57(40-24-10-3-11-25-40,41-26-12-4-13-27-41)46-32-19-35-51-54(46)58(49)48-33-18-31-44-43-30-16-17-34-50(43)60(51)56(44)48/h1-37H. The Labute approximate surface area is 349 Å². The molecule has 2 aliphatic heterocycles. The molecule has 2 nitrogen and oxygen atoms in total. The van der Waals surface area contributed by atoms with E-state index in [9.17, 15) is 0 Å². The van der Waals surface area contributed by atoms with E-state index in [0.717, 1.165) is 5.69 Å². The van der Waals surface area contributed by atoms with Gasteiger partial charge >= 0.3 is 0 Å². The van der Waals surface area contributed by atoms with Crippen LogP contribution in [0.2, 0.25) is 0 Å². The monoisotopic (exact) mass is 760 g/mol. The minimum absolute atomic E-state index is 0.000496. The van der Waals surface area contributed by atoms with Crippen molar-refractivity contribution >= 4 is 55.8 Å².